The Labute approximate surface area is 161 Å². The third kappa shape index (κ3) is 3.52. The molecule has 0 unspecified atom stereocenters. The van der Waals surface area contributed by atoms with Crippen LogP contribution in [0.3, 0.4) is 0 Å². The summed E-state index contributed by atoms with van der Waals surface area (Å²) in [5, 5.41) is 13.3. The zero-order valence-electron chi connectivity index (χ0n) is 15.6. The van der Waals surface area contributed by atoms with Crippen LogP contribution in [-0.4, -0.2) is 55.1 Å². The van der Waals surface area contributed by atoms with Gasteiger partial charge in [-0.25, -0.2) is 8.42 Å². The Hall–Kier alpha value is -3.08. The van der Waals surface area contributed by atoms with Crippen LogP contribution in [0.25, 0.3) is 11.0 Å². The minimum Gasteiger partial charge on any atom is -0.493 e. The Balaban J connectivity index is 1.76. The van der Waals surface area contributed by atoms with Crippen LogP contribution in [0.15, 0.2) is 23.2 Å². The molecule has 1 fully saturated rings. The molecule has 0 spiro atoms. The van der Waals surface area contributed by atoms with Gasteiger partial charge >= 0.3 is 0 Å². The fourth-order valence-electron chi connectivity index (χ4n) is 2.80. The molecule has 0 aliphatic heterocycles. The number of aromatic nitrogens is 4. The highest BCUT2D eigenvalue weighted by Gasteiger charge is 2.27. The second kappa shape index (κ2) is 6.82. The molecule has 1 aliphatic carbocycles. The summed E-state index contributed by atoms with van der Waals surface area (Å²) in [5.41, 5.74) is 1.03. The van der Waals surface area contributed by atoms with Gasteiger partial charge < -0.3 is 20.1 Å². The van der Waals surface area contributed by atoms with E-state index in [9.17, 15) is 8.42 Å². The van der Waals surface area contributed by atoms with Crippen molar-refractivity contribution in [1.29, 1.82) is 0 Å². The average Bonchev–Trinajstić information content (AvgIpc) is 3.35. The summed E-state index contributed by atoms with van der Waals surface area (Å²) in [6.07, 6.45) is 3.13. The van der Waals surface area contributed by atoms with Crippen LogP contribution in [0.4, 0.5) is 17.5 Å². The topological polar surface area (TPSA) is 131 Å². The van der Waals surface area contributed by atoms with Crippen molar-refractivity contribution in [3.8, 4) is 11.5 Å². The van der Waals surface area contributed by atoms with Crippen molar-refractivity contribution in [2.75, 3.05) is 31.1 Å². The lowest BCUT2D eigenvalue weighted by Gasteiger charge is -2.12. The molecule has 0 atom stereocenters. The van der Waals surface area contributed by atoms with Crippen molar-refractivity contribution in [3.05, 3.63) is 18.2 Å². The van der Waals surface area contributed by atoms with Gasteiger partial charge in [-0.1, -0.05) is 0 Å². The second-order valence-electron chi connectivity index (χ2n) is 6.53. The molecule has 3 N–H and O–H groups in total. The molecular formula is C17H20N6O4S. The first kappa shape index (κ1) is 18.3. The molecule has 1 saturated carbocycles. The summed E-state index contributed by atoms with van der Waals surface area (Å²) in [5.74, 6) is 1.90. The van der Waals surface area contributed by atoms with Gasteiger partial charge in [0.25, 0.3) is 0 Å². The first-order chi connectivity index (χ1) is 13.4. The van der Waals surface area contributed by atoms with Crippen LogP contribution in [0.5, 0.6) is 11.5 Å². The Morgan fingerprint density at radius 1 is 1.14 bits per heavy atom. The Kier molecular flexibility index (Phi) is 4.46. The second-order valence-corrected chi connectivity index (χ2v) is 8.46. The zero-order chi connectivity index (χ0) is 19.9. The van der Waals surface area contributed by atoms with Gasteiger partial charge in [0, 0.05) is 24.1 Å². The number of nitrogens with one attached hydrogen (secondary N) is 3. The first-order valence-electron chi connectivity index (χ1n) is 8.61. The number of rotatable bonds is 7. The van der Waals surface area contributed by atoms with E-state index in [1.54, 1.807) is 32.4 Å². The molecule has 0 saturated heterocycles. The molecule has 2 heterocycles. The fourth-order valence-corrected chi connectivity index (χ4v) is 3.57. The summed E-state index contributed by atoms with van der Waals surface area (Å²) >= 11 is 0. The third-order valence-corrected chi connectivity index (χ3v) is 5.29. The number of sulfone groups is 1. The van der Waals surface area contributed by atoms with Gasteiger partial charge in [-0.05, 0) is 25.0 Å². The fraction of sp³-hybridized carbons (Fsp3) is 0.353. The van der Waals surface area contributed by atoms with Gasteiger partial charge in [0.05, 0.1) is 14.2 Å². The van der Waals surface area contributed by atoms with Gasteiger partial charge in [-0.3, -0.25) is 5.10 Å². The van der Waals surface area contributed by atoms with E-state index >= 15 is 0 Å². The number of ether oxygens (including phenoxy) is 2. The minimum absolute atomic E-state index is 0.0664. The van der Waals surface area contributed by atoms with Gasteiger partial charge in [-0.15, -0.1) is 0 Å². The highest BCUT2D eigenvalue weighted by Crippen LogP contribution is 2.34. The SMILES string of the molecule is COc1ccc(Nc2nc(NC3CC3)c3c(S(C)(=O)=O)n[nH]c3n2)cc1OC. The molecule has 1 aromatic carbocycles. The van der Waals surface area contributed by atoms with E-state index in [1.165, 1.54) is 0 Å². The highest BCUT2D eigenvalue weighted by molar-refractivity contribution is 7.90. The quantitative estimate of drug-likeness (QED) is 0.541. The number of fused-ring (bicyclic) bond motifs is 1. The van der Waals surface area contributed by atoms with Crippen LogP contribution >= 0.6 is 0 Å². The number of hydrogen-bond acceptors (Lipinski definition) is 9. The van der Waals surface area contributed by atoms with E-state index in [2.05, 4.69) is 30.8 Å². The number of benzene rings is 1. The summed E-state index contributed by atoms with van der Waals surface area (Å²) in [6.45, 7) is 0. The van der Waals surface area contributed by atoms with E-state index in [0.717, 1.165) is 19.1 Å². The Morgan fingerprint density at radius 2 is 1.89 bits per heavy atom. The predicted octanol–water partition coefficient (Wildman–Crippen LogP) is 2.09. The molecular weight excluding hydrogens is 384 g/mol. The maximum atomic E-state index is 12.1. The van der Waals surface area contributed by atoms with E-state index in [4.69, 9.17) is 9.47 Å². The zero-order valence-corrected chi connectivity index (χ0v) is 16.4. The number of anilines is 3. The predicted molar refractivity (Wildman–Crippen MR) is 104 cm³/mol. The van der Waals surface area contributed by atoms with Crippen LogP contribution in [0.2, 0.25) is 0 Å². The average molecular weight is 404 g/mol. The van der Waals surface area contributed by atoms with Gasteiger partial charge in [-0.2, -0.15) is 15.1 Å². The molecule has 1 aliphatic rings. The summed E-state index contributed by atoms with van der Waals surface area (Å²) in [6, 6.07) is 5.60. The molecule has 3 aromatic rings. The normalized spacial score (nSPS) is 14.1. The van der Waals surface area contributed by atoms with Crippen molar-refractivity contribution in [2.45, 2.75) is 23.9 Å². The smallest absolute Gasteiger partial charge is 0.231 e. The number of hydrogen-bond donors (Lipinski definition) is 3. The molecule has 148 valence electrons. The molecule has 11 heteroatoms. The monoisotopic (exact) mass is 404 g/mol. The maximum Gasteiger partial charge on any atom is 0.231 e. The van der Waals surface area contributed by atoms with E-state index in [1.807, 2.05) is 0 Å². The molecule has 0 amide bonds. The third-order valence-electron chi connectivity index (χ3n) is 4.30. The van der Waals surface area contributed by atoms with Crippen LogP contribution in [-0.2, 0) is 9.84 Å². The summed E-state index contributed by atoms with van der Waals surface area (Å²) < 4.78 is 34.7. The molecule has 28 heavy (non-hydrogen) atoms. The lowest BCUT2D eigenvalue weighted by Crippen LogP contribution is -2.08. The summed E-state index contributed by atoms with van der Waals surface area (Å²) in [4.78, 5) is 8.87. The molecule has 0 radical (unpaired) electrons. The van der Waals surface area contributed by atoms with Crippen LogP contribution < -0.4 is 20.1 Å². The minimum atomic E-state index is -3.53. The molecule has 0 bridgehead atoms. The van der Waals surface area contributed by atoms with Crippen molar-refractivity contribution in [1.82, 2.24) is 20.2 Å². The van der Waals surface area contributed by atoms with Gasteiger partial charge in [0.15, 0.2) is 32.0 Å². The van der Waals surface area contributed by atoms with Crippen LogP contribution in [0, 0.1) is 0 Å². The molecule has 4 rings (SSSR count). The van der Waals surface area contributed by atoms with Crippen molar-refractivity contribution in [3.63, 3.8) is 0 Å². The standard InChI is InChI=1S/C17H20N6O4S/c1-26-11-7-6-10(8-12(11)27-2)19-17-20-14(18-9-4-5-9)13-15(21-17)22-23-16(13)28(3,24)25/h6-9H,4-5H2,1-3H3,(H3,18,19,20,21,22,23). The Morgan fingerprint density at radius 3 is 2.54 bits per heavy atom. The summed E-state index contributed by atoms with van der Waals surface area (Å²) in [7, 11) is -0.406. The number of nitrogens with zero attached hydrogens (tertiary/aromatic N) is 3. The molecule has 10 nitrogen and oxygen atoms in total. The van der Waals surface area contributed by atoms with Crippen LogP contribution in [0.1, 0.15) is 12.8 Å². The largest absolute Gasteiger partial charge is 0.493 e. The lowest BCUT2D eigenvalue weighted by atomic mass is 10.2. The van der Waals surface area contributed by atoms with Crippen molar-refractivity contribution >= 4 is 38.3 Å². The van der Waals surface area contributed by atoms with Gasteiger partial charge in [0.2, 0.25) is 5.95 Å². The number of methoxy groups -OCH3 is 2. The van der Waals surface area contributed by atoms with Crippen molar-refractivity contribution < 1.29 is 17.9 Å². The first-order valence-corrected chi connectivity index (χ1v) is 10.5. The van der Waals surface area contributed by atoms with Gasteiger partial charge in [0.1, 0.15) is 11.2 Å². The maximum absolute atomic E-state index is 12.1. The lowest BCUT2D eigenvalue weighted by molar-refractivity contribution is 0.355. The number of H-pyrrole nitrogens is 1. The number of aromatic amines is 1. The highest BCUT2D eigenvalue weighted by atomic mass is 32.2. The van der Waals surface area contributed by atoms with E-state index < -0.39 is 9.84 Å². The van der Waals surface area contributed by atoms with E-state index in [0.29, 0.717) is 40.0 Å². The van der Waals surface area contributed by atoms with E-state index in [-0.39, 0.29) is 11.1 Å². The molecule has 2 aromatic heterocycles. The van der Waals surface area contributed by atoms with Crippen molar-refractivity contribution in [2.24, 2.45) is 0 Å². The Bertz CT molecular complexity index is 1140.